The van der Waals surface area contributed by atoms with Crippen molar-refractivity contribution in [3.05, 3.63) is 42.0 Å². The van der Waals surface area contributed by atoms with Gasteiger partial charge in [-0.1, -0.05) is 30.3 Å². The maximum absolute atomic E-state index is 2.72. The van der Waals surface area contributed by atoms with Gasteiger partial charge in [-0.15, -0.1) is 9.24 Å². The Kier molecular flexibility index (Phi) is 1.86. The van der Waals surface area contributed by atoms with Crippen molar-refractivity contribution in [1.29, 1.82) is 0 Å². The molecule has 0 fully saturated rings. The molecular formula is C11H11P. The Morgan fingerprint density at radius 1 is 1.08 bits per heavy atom. The molecule has 60 valence electrons. The van der Waals surface area contributed by atoms with Crippen molar-refractivity contribution in [3.8, 4) is 0 Å². The number of hydrogen-bond acceptors (Lipinski definition) is 0. The van der Waals surface area contributed by atoms with Gasteiger partial charge in [0.1, 0.15) is 0 Å². The van der Waals surface area contributed by atoms with Gasteiger partial charge in [0.2, 0.25) is 0 Å². The van der Waals surface area contributed by atoms with Crippen molar-refractivity contribution >= 4 is 25.3 Å². The first-order valence-corrected chi connectivity index (χ1v) is 4.60. The molecule has 0 aromatic heterocycles. The molecule has 2 aromatic carbocycles. The van der Waals surface area contributed by atoms with Gasteiger partial charge in [-0.3, -0.25) is 0 Å². The Balaban J connectivity index is 2.88. The zero-order valence-electron chi connectivity index (χ0n) is 7.04. The predicted molar refractivity (Wildman–Crippen MR) is 58.0 cm³/mol. The fourth-order valence-electron chi connectivity index (χ4n) is 1.45. The second-order valence-electron chi connectivity index (χ2n) is 3.06. The van der Waals surface area contributed by atoms with E-state index in [2.05, 4.69) is 52.6 Å². The average Bonchev–Trinajstić information content (AvgIpc) is 2.07. The van der Waals surface area contributed by atoms with Gasteiger partial charge in [0.25, 0.3) is 0 Å². The highest BCUT2D eigenvalue weighted by molar-refractivity contribution is 7.27. The molecule has 0 saturated heterocycles. The van der Waals surface area contributed by atoms with Crippen molar-refractivity contribution in [2.24, 2.45) is 0 Å². The maximum atomic E-state index is 2.72. The Morgan fingerprint density at radius 2 is 1.92 bits per heavy atom. The van der Waals surface area contributed by atoms with Crippen LogP contribution in [0.15, 0.2) is 36.4 Å². The third-order valence-electron chi connectivity index (χ3n) is 2.12. The minimum atomic E-state index is 1.25. The van der Waals surface area contributed by atoms with Gasteiger partial charge in [-0.2, -0.15) is 0 Å². The highest BCUT2D eigenvalue weighted by Gasteiger charge is 1.95. The zero-order valence-corrected chi connectivity index (χ0v) is 8.20. The van der Waals surface area contributed by atoms with Crippen LogP contribution in [0.5, 0.6) is 0 Å². The normalized spacial score (nSPS) is 10.5. The fourth-order valence-corrected chi connectivity index (χ4v) is 1.71. The molecule has 0 aliphatic heterocycles. The SMILES string of the molecule is Cc1cccc2ccc(P)cc12. The van der Waals surface area contributed by atoms with Crippen LogP contribution in [0.1, 0.15) is 5.56 Å². The van der Waals surface area contributed by atoms with Crippen LogP contribution in [0.2, 0.25) is 0 Å². The number of hydrogen-bond donors (Lipinski definition) is 0. The Labute approximate surface area is 74.8 Å². The summed E-state index contributed by atoms with van der Waals surface area (Å²) in [6, 6.07) is 12.9. The summed E-state index contributed by atoms with van der Waals surface area (Å²) in [4.78, 5) is 0. The first-order valence-electron chi connectivity index (χ1n) is 4.02. The van der Waals surface area contributed by atoms with Crippen molar-refractivity contribution in [1.82, 2.24) is 0 Å². The first kappa shape index (κ1) is 7.76. The predicted octanol–water partition coefficient (Wildman–Crippen LogP) is 2.65. The summed E-state index contributed by atoms with van der Waals surface area (Å²) in [5, 5.41) is 3.92. The summed E-state index contributed by atoms with van der Waals surface area (Å²) in [6.45, 7) is 2.15. The van der Waals surface area contributed by atoms with Crippen molar-refractivity contribution in [2.45, 2.75) is 6.92 Å². The second-order valence-corrected chi connectivity index (χ2v) is 3.72. The maximum Gasteiger partial charge on any atom is -0.0149 e. The molecule has 2 rings (SSSR count). The van der Waals surface area contributed by atoms with Gasteiger partial charge in [0.05, 0.1) is 0 Å². The van der Waals surface area contributed by atoms with E-state index in [0.717, 1.165) is 0 Å². The van der Waals surface area contributed by atoms with Crippen LogP contribution in [0.3, 0.4) is 0 Å². The summed E-state index contributed by atoms with van der Waals surface area (Å²) in [7, 11) is 2.72. The van der Waals surface area contributed by atoms with E-state index < -0.39 is 0 Å². The van der Waals surface area contributed by atoms with E-state index in [9.17, 15) is 0 Å². The van der Waals surface area contributed by atoms with Gasteiger partial charge in [0.15, 0.2) is 0 Å². The van der Waals surface area contributed by atoms with Crippen molar-refractivity contribution in [2.75, 3.05) is 0 Å². The molecule has 0 aliphatic rings. The van der Waals surface area contributed by atoms with E-state index in [-0.39, 0.29) is 0 Å². The molecule has 1 heteroatoms. The quantitative estimate of drug-likeness (QED) is 0.538. The lowest BCUT2D eigenvalue weighted by Crippen LogP contribution is -1.89. The number of rotatable bonds is 0. The molecule has 0 spiro atoms. The number of aryl methyl sites for hydroxylation is 1. The minimum absolute atomic E-state index is 1.25. The molecule has 0 bridgehead atoms. The van der Waals surface area contributed by atoms with E-state index >= 15 is 0 Å². The van der Waals surface area contributed by atoms with Gasteiger partial charge in [-0.05, 0) is 34.6 Å². The molecule has 12 heavy (non-hydrogen) atoms. The second kappa shape index (κ2) is 2.88. The van der Waals surface area contributed by atoms with Gasteiger partial charge in [-0.25, -0.2) is 0 Å². The highest BCUT2D eigenvalue weighted by Crippen LogP contribution is 2.16. The molecule has 2 aromatic rings. The Morgan fingerprint density at radius 3 is 2.75 bits per heavy atom. The third kappa shape index (κ3) is 1.23. The largest absolute Gasteiger partial charge is 0.106 e. The van der Waals surface area contributed by atoms with Crippen LogP contribution in [-0.2, 0) is 0 Å². The topological polar surface area (TPSA) is 0 Å². The molecule has 0 N–H and O–H groups in total. The first-order chi connectivity index (χ1) is 5.77. The minimum Gasteiger partial charge on any atom is -0.106 e. The van der Waals surface area contributed by atoms with Crippen molar-refractivity contribution in [3.63, 3.8) is 0 Å². The standard InChI is InChI=1S/C11H11P/c1-8-3-2-4-9-5-6-10(12)7-11(8)9/h2-7H,12H2,1H3. The summed E-state index contributed by atoms with van der Waals surface area (Å²) < 4.78 is 0. The molecule has 0 saturated carbocycles. The molecule has 0 radical (unpaired) electrons. The van der Waals surface area contributed by atoms with E-state index in [1.165, 1.54) is 21.6 Å². The van der Waals surface area contributed by atoms with E-state index in [1.54, 1.807) is 0 Å². The van der Waals surface area contributed by atoms with E-state index in [4.69, 9.17) is 0 Å². The number of benzene rings is 2. The summed E-state index contributed by atoms with van der Waals surface area (Å²) in [6.07, 6.45) is 0. The van der Waals surface area contributed by atoms with Crippen LogP contribution < -0.4 is 5.30 Å². The molecule has 0 nitrogen and oxygen atoms in total. The van der Waals surface area contributed by atoms with Crippen LogP contribution in [0.4, 0.5) is 0 Å². The molecule has 0 heterocycles. The van der Waals surface area contributed by atoms with Gasteiger partial charge >= 0.3 is 0 Å². The van der Waals surface area contributed by atoms with Gasteiger partial charge < -0.3 is 0 Å². The van der Waals surface area contributed by atoms with Crippen LogP contribution >= 0.6 is 9.24 Å². The molecule has 1 unspecified atom stereocenters. The van der Waals surface area contributed by atoms with Gasteiger partial charge in [0, 0.05) is 0 Å². The average molecular weight is 174 g/mol. The summed E-state index contributed by atoms with van der Waals surface area (Å²) in [5.41, 5.74) is 1.34. The molecule has 0 aliphatic carbocycles. The van der Waals surface area contributed by atoms with E-state index in [1.807, 2.05) is 0 Å². The zero-order chi connectivity index (χ0) is 8.55. The summed E-state index contributed by atoms with van der Waals surface area (Å²) in [5.74, 6) is 0. The highest BCUT2D eigenvalue weighted by atomic mass is 31.0. The van der Waals surface area contributed by atoms with Crippen LogP contribution in [0.25, 0.3) is 10.8 Å². The number of fused-ring (bicyclic) bond motifs is 1. The Hall–Kier alpha value is -0.870. The van der Waals surface area contributed by atoms with E-state index in [0.29, 0.717) is 0 Å². The van der Waals surface area contributed by atoms with Crippen LogP contribution in [0, 0.1) is 6.92 Å². The summed E-state index contributed by atoms with van der Waals surface area (Å²) >= 11 is 0. The van der Waals surface area contributed by atoms with Crippen molar-refractivity contribution < 1.29 is 0 Å². The molecule has 1 atom stereocenters. The molecule has 0 amide bonds. The monoisotopic (exact) mass is 174 g/mol. The fraction of sp³-hybridized carbons (Fsp3) is 0.0909. The Bertz CT molecular complexity index is 418. The smallest absolute Gasteiger partial charge is 0.0149 e. The lowest BCUT2D eigenvalue weighted by molar-refractivity contribution is 1.54. The lowest BCUT2D eigenvalue weighted by atomic mass is 10.1. The lowest BCUT2D eigenvalue weighted by Gasteiger charge is -2.01. The molecular weight excluding hydrogens is 163 g/mol. The van der Waals surface area contributed by atoms with Crippen LogP contribution in [-0.4, -0.2) is 0 Å². The third-order valence-corrected chi connectivity index (χ3v) is 2.48.